The summed E-state index contributed by atoms with van der Waals surface area (Å²) in [6.07, 6.45) is 4.28. The largest absolute Gasteiger partial charge is 0.380 e. The van der Waals surface area contributed by atoms with Crippen LogP contribution in [0.1, 0.15) is 36.0 Å². The second-order valence-corrected chi connectivity index (χ2v) is 4.86. The molecular formula is C13H15FN2O. The topological polar surface area (TPSA) is 41.1 Å². The van der Waals surface area contributed by atoms with Crippen molar-refractivity contribution in [3.8, 4) is 0 Å². The van der Waals surface area contributed by atoms with E-state index in [1.807, 2.05) is 0 Å². The van der Waals surface area contributed by atoms with Gasteiger partial charge in [0.1, 0.15) is 5.82 Å². The smallest absolute Gasteiger partial charge is 0.251 e. The molecule has 0 heterocycles. The van der Waals surface area contributed by atoms with Crippen molar-refractivity contribution in [2.45, 2.75) is 37.8 Å². The summed E-state index contributed by atoms with van der Waals surface area (Å²) in [7, 11) is 0. The molecule has 0 bridgehead atoms. The third-order valence-electron chi connectivity index (χ3n) is 3.08. The summed E-state index contributed by atoms with van der Waals surface area (Å²) in [4.78, 5) is 11.7. The molecule has 1 aromatic carbocycles. The van der Waals surface area contributed by atoms with E-state index in [9.17, 15) is 9.18 Å². The zero-order valence-corrected chi connectivity index (χ0v) is 9.50. The predicted molar refractivity (Wildman–Crippen MR) is 63.5 cm³/mol. The SMILES string of the molecule is O=C(NC1CC1)c1ccc(NC2CC2)c(F)c1. The molecule has 0 saturated heterocycles. The van der Waals surface area contributed by atoms with Crippen LogP contribution in [0.2, 0.25) is 0 Å². The van der Waals surface area contributed by atoms with Crippen molar-refractivity contribution in [1.29, 1.82) is 0 Å². The zero-order valence-electron chi connectivity index (χ0n) is 9.50. The molecule has 90 valence electrons. The van der Waals surface area contributed by atoms with E-state index in [0.29, 0.717) is 23.3 Å². The first kappa shape index (κ1) is 10.6. The van der Waals surface area contributed by atoms with Crippen LogP contribution in [0.15, 0.2) is 18.2 Å². The molecule has 0 spiro atoms. The molecule has 0 atom stereocenters. The van der Waals surface area contributed by atoms with Gasteiger partial charge in [-0.05, 0) is 43.9 Å². The highest BCUT2D eigenvalue weighted by Gasteiger charge is 2.25. The molecule has 0 aliphatic heterocycles. The van der Waals surface area contributed by atoms with Gasteiger partial charge in [0, 0.05) is 17.6 Å². The Hall–Kier alpha value is -1.58. The lowest BCUT2D eigenvalue weighted by Gasteiger charge is -2.08. The molecule has 0 aromatic heterocycles. The van der Waals surface area contributed by atoms with Gasteiger partial charge in [0.05, 0.1) is 5.69 Å². The Bertz CT molecular complexity index is 453. The minimum atomic E-state index is -0.347. The van der Waals surface area contributed by atoms with E-state index in [4.69, 9.17) is 0 Å². The Balaban J connectivity index is 1.71. The molecule has 1 aromatic rings. The van der Waals surface area contributed by atoms with Gasteiger partial charge in [-0.15, -0.1) is 0 Å². The van der Waals surface area contributed by atoms with E-state index in [2.05, 4.69) is 10.6 Å². The van der Waals surface area contributed by atoms with Crippen LogP contribution in [0.25, 0.3) is 0 Å². The summed E-state index contributed by atoms with van der Waals surface area (Å²) < 4.78 is 13.7. The number of hydrogen-bond donors (Lipinski definition) is 2. The van der Waals surface area contributed by atoms with Crippen molar-refractivity contribution in [2.24, 2.45) is 0 Å². The maximum absolute atomic E-state index is 13.7. The fourth-order valence-electron chi connectivity index (χ4n) is 1.72. The third-order valence-corrected chi connectivity index (χ3v) is 3.08. The van der Waals surface area contributed by atoms with E-state index in [1.54, 1.807) is 12.1 Å². The molecule has 0 radical (unpaired) electrons. The number of hydrogen-bond acceptors (Lipinski definition) is 2. The van der Waals surface area contributed by atoms with E-state index < -0.39 is 0 Å². The molecular weight excluding hydrogens is 219 g/mol. The average molecular weight is 234 g/mol. The number of benzene rings is 1. The Labute approximate surface area is 99.4 Å². The summed E-state index contributed by atoms with van der Waals surface area (Å²) in [6, 6.07) is 5.34. The van der Waals surface area contributed by atoms with Crippen molar-refractivity contribution in [3.05, 3.63) is 29.6 Å². The molecule has 17 heavy (non-hydrogen) atoms. The maximum atomic E-state index is 13.7. The molecule has 2 N–H and O–H groups in total. The molecule has 4 heteroatoms. The first-order valence-electron chi connectivity index (χ1n) is 6.09. The lowest BCUT2D eigenvalue weighted by atomic mass is 10.2. The van der Waals surface area contributed by atoms with Gasteiger partial charge in [0.15, 0.2) is 0 Å². The number of carbonyl (C=O) groups is 1. The molecule has 3 rings (SSSR count). The van der Waals surface area contributed by atoms with Crippen LogP contribution in [-0.2, 0) is 0 Å². The van der Waals surface area contributed by atoms with Crippen LogP contribution in [0.5, 0.6) is 0 Å². The summed E-state index contributed by atoms with van der Waals surface area (Å²) in [6.45, 7) is 0. The van der Waals surface area contributed by atoms with Crippen LogP contribution in [0, 0.1) is 5.82 Å². The van der Waals surface area contributed by atoms with Crippen molar-refractivity contribution < 1.29 is 9.18 Å². The molecule has 1 amide bonds. The first-order valence-corrected chi connectivity index (χ1v) is 6.09. The highest BCUT2D eigenvalue weighted by atomic mass is 19.1. The van der Waals surface area contributed by atoms with E-state index in [-0.39, 0.29) is 11.7 Å². The fourth-order valence-corrected chi connectivity index (χ4v) is 1.72. The van der Waals surface area contributed by atoms with Gasteiger partial charge in [-0.1, -0.05) is 0 Å². The number of nitrogens with one attached hydrogen (secondary N) is 2. The normalized spacial score (nSPS) is 18.9. The maximum Gasteiger partial charge on any atom is 0.251 e. The highest BCUT2D eigenvalue weighted by Crippen LogP contribution is 2.27. The number of halogens is 1. The van der Waals surface area contributed by atoms with Crippen LogP contribution in [0.4, 0.5) is 10.1 Å². The molecule has 2 saturated carbocycles. The van der Waals surface area contributed by atoms with Crippen molar-refractivity contribution in [2.75, 3.05) is 5.32 Å². The lowest BCUT2D eigenvalue weighted by molar-refractivity contribution is 0.0950. The van der Waals surface area contributed by atoms with Crippen molar-refractivity contribution in [1.82, 2.24) is 5.32 Å². The number of carbonyl (C=O) groups excluding carboxylic acids is 1. The van der Waals surface area contributed by atoms with Gasteiger partial charge in [-0.2, -0.15) is 0 Å². The van der Waals surface area contributed by atoms with Gasteiger partial charge in [0.2, 0.25) is 0 Å². The summed E-state index contributed by atoms with van der Waals surface area (Å²) in [5.74, 6) is -0.523. The van der Waals surface area contributed by atoms with Gasteiger partial charge in [-0.3, -0.25) is 4.79 Å². The first-order chi connectivity index (χ1) is 8.22. The van der Waals surface area contributed by atoms with E-state index in [1.165, 1.54) is 6.07 Å². The van der Waals surface area contributed by atoms with E-state index in [0.717, 1.165) is 25.7 Å². The fraction of sp³-hybridized carbons (Fsp3) is 0.462. The summed E-state index contributed by atoms with van der Waals surface area (Å²) >= 11 is 0. The Morgan fingerprint density at radius 3 is 2.47 bits per heavy atom. The quantitative estimate of drug-likeness (QED) is 0.839. The van der Waals surface area contributed by atoms with Crippen LogP contribution in [0.3, 0.4) is 0 Å². The third kappa shape index (κ3) is 2.57. The summed E-state index contributed by atoms with van der Waals surface area (Å²) in [5.41, 5.74) is 0.895. The molecule has 2 aliphatic carbocycles. The molecule has 3 nitrogen and oxygen atoms in total. The highest BCUT2D eigenvalue weighted by molar-refractivity contribution is 5.95. The molecule has 2 fully saturated rings. The van der Waals surface area contributed by atoms with Crippen molar-refractivity contribution >= 4 is 11.6 Å². The number of anilines is 1. The predicted octanol–water partition coefficient (Wildman–Crippen LogP) is 2.29. The molecule has 0 unspecified atom stereocenters. The minimum Gasteiger partial charge on any atom is -0.380 e. The standard InChI is InChI=1S/C13H15FN2O/c14-11-7-8(13(17)16-10-4-5-10)1-6-12(11)15-9-2-3-9/h1,6-7,9-10,15H,2-5H2,(H,16,17). The minimum absolute atomic E-state index is 0.177. The van der Waals surface area contributed by atoms with E-state index >= 15 is 0 Å². The number of rotatable bonds is 4. The average Bonchev–Trinajstić information content (AvgIpc) is 3.15. The van der Waals surface area contributed by atoms with Gasteiger partial charge in [0.25, 0.3) is 5.91 Å². The molecule has 2 aliphatic rings. The van der Waals surface area contributed by atoms with Crippen molar-refractivity contribution in [3.63, 3.8) is 0 Å². The lowest BCUT2D eigenvalue weighted by Crippen LogP contribution is -2.25. The monoisotopic (exact) mass is 234 g/mol. The van der Waals surface area contributed by atoms with Crippen LogP contribution >= 0.6 is 0 Å². The zero-order chi connectivity index (χ0) is 11.8. The van der Waals surface area contributed by atoms with Gasteiger partial charge >= 0.3 is 0 Å². The van der Waals surface area contributed by atoms with Gasteiger partial charge in [-0.25, -0.2) is 4.39 Å². The number of amides is 1. The van der Waals surface area contributed by atoms with Gasteiger partial charge < -0.3 is 10.6 Å². The second kappa shape index (κ2) is 4.02. The Morgan fingerprint density at radius 2 is 1.88 bits per heavy atom. The Kier molecular flexibility index (Phi) is 2.50. The summed E-state index contributed by atoms with van der Waals surface area (Å²) in [5, 5.41) is 5.94. The second-order valence-electron chi connectivity index (χ2n) is 4.86. The van der Waals surface area contributed by atoms with Crippen LogP contribution < -0.4 is 10.6 Å². The van der Waals surface area contributed by atoms with Crippen LogP contribution in [-0.4, -0.2) is 18.0 Å². The Morgan fingerprint density at radius 1 is 1.18 bits per heavy atom.